The molecule has 0 N–H and O–H groups in total. The van der Waals surface area contributed by atoms with E-state index in [1.807, 2.05) is 78.5 Å². The van der Waals surface area contributed by atoms with Crippen LogP contribution in [0.2, 0.25) is 0 Å². The summed E-state index contributed by atoms with van der Waals surface area (Å²) in [6.45, 7) is 1.93. The number of rotatable bonds is 3. The minimum atomic E-state index is 0.776. The van der Waals surface area contributed by atoms with Crippen LogP contribution in [0.1, 0.15) is 5.69 Å². The average Bonchev–Trinajstić information content (AvgIpc) is 2.88. The van der Waals surface area contributed by atoms with Crippen molar-refractivity contribution in [3.63, 3.8) is 0 Å². The van der Waals surface area contributed by atoms with Gasteiger partial charge >= 0.3 is 0 Å². The van der Waals surface area contributed by atoms with Crippen molar-refractivity contribution in [2.24, 2.45) is 10.2 Å². The predicted molar refractivity (Wildman–Crippen MR) is 78.9 cm³/mol. The lowest BCUT2D eigenvalue weighted by Gasteiger charge is -1.98. The minimum absolute atomic E-state index is 0.776. The van der Waals surface area contributed by atoms with E-state index in [0.29, 0.717) is 0 Å². The van der Waals surface area contributed by atoms with Gasteiger partial charge in [0.25, 0.3) is 0 Å². The summed E-state index contributed by atoms with van der Waals surface area (Å²) in [5, 5.41) is 12.9. The van der Waals surface area contributed by atoms with Crippen LogP contribution in [-0.4, -0.2) is 9.78 Å². The van der Waals surface area contributed by atoms with Crippen LogP contribution in [0.3, 0.4) is 0 Å². The van der Waals surface area contributed by atoms with Crippen molar-refractivity contribution in [1.29, 1.82) is 0 Å². The third-order valence-corrected chi connectivity index (χ3v) is 2.92. The van der Waals surface area contributed by atoms with Gasteiger partial charge in [0.2, 0.25) is 0 Å². The smallest absolute Gasteiger partial charge is 0.127 e. The zero-order valence-corrected chi connectivity index (χ0v) is 11.1. The number of nitrogens with zero attached hydrogens (tertiary/aromatic N) is 4. The highest BCUT2D eigenvalue weighted by atomic mass is 15.3. The predicted octanol–water partition coefficient (Wildman–Crippen LogP) is 4.60. The Morgan fingerprint density at radius 2 is 1.50 bits per heavy atom. The lowest BCUT2D eigenvalue weighted by molar-refractivity contribution is 0.863. The first-order valence-corrected chi connectivity index (χ1v) is 6.41. The molecule has 0 aliphatic rings. The Bertz CT molecular complexity index is 715. The zero-order valence-electron chi connectivity index (χ0n) is 11.1. The molecule has 0 bridgehead atoms. The van der Waals surface area contributed by atoms with Gasteiger partial charge in [-0.15, -0.1) is 5.11 Å². The second-order valence-electron chi connectivity index (χ2n) is 4.42. The fourth-order valence-corrected chi connectivity index (χ4v) is 1.87. The first kappa shape index (κ1) is 12.3. The highest BCUT2D eigenvalue weighted by Crippen LogP contribution is 2.22. The largest absolute Gasteiger partial charge is 0.238 e. The van der Waals surface area contributed by atoms with Gasteiger partial charge < -0.3 is 0 Å². The van der Waals surface area contributed by atoms with Crippen molar-refractivity contribution in [2.45, 2.75) is 6.92 Å². The van der Waals surface area contributed by atoms with E-state index in [2.05, 4.69) is 15.3 Å². The maximum absolute atomic E-state index is 4.46. The van der Waals surface area contributed by atoms with Gasteiger partial charge in [-0.2, -0.15) is 10.2 Å². The van der Waals surface area contributed by atoms with Crippen LogP contribution in [-0.2, 0) is 0 Å². The van der Waals surface area contributed by atoms with E-state index >= 15 is 0 Å². The average molecular weight is 262 g/mol. The van der Waals surface area contributed by atoms with E-state index in [1.54, 1.807) is 0 Å². The summed E-state index contributed by atoms with van der Waals surface area (Å²) >= 11 is 0. The first-order valence-electron chi connectivity index (χ1n) is 6.41. The Hall–Kier alpha value is -2.75. The van der Waals surface area contributed by atoms with E-state index in [-0.39, 0.29) is 0 Å². The van der Waals surface area contributed by atoms with Crippen LogP contribution in [0.5, 0.6) is 0 Å². The number of azo groups is 1. The van der Waals surface area contributed by atoms with Gasteiger partial charge in [-0.25, -0.2) is 4.68 Å². The monoisotopic (exact) mass is 262 g/mol. The highest BCUT2D eigenvalue weighted by molar-refractivity contribution is 5.44. The maximum Gasteiger partial charge on any atom is 0.127 e. The Labute approximate surface area is 117 Å². The van der Waals surface area contributed by atoms with Crippen LogP contribution >= 0.6 is 0 Å². The van der Waals surface area contributed by atoms with Crippen LogP contribution in [0.25, 0.3) is 5.69 Å². The topological polar surface area (TPSA) is 42.5 Å². The van der Waals surface area contributed by atoms with Gasteiger partial charge in [-0.05, 0) is 31.2 Å². The Morgan fingerprint density at radius 1 is 0.850 bits per heavy atom. The van der Waals surface area contributed by atoms with E-state index in [9.17, 15) is 0 Å². The number of aromatic nitrogens is 2. The molecule has 0 atom stereocenters. The molecule has 0 aliphatic carbocycles. The molecule has 0 spiro atoms. The van der Waals surface area contributed by atoms with E-state index in [0.717, 1.165) is 22.8 Å². The fourth-order valence-electron chi connectivity index (χ4n) is 1.87. The molecular weight excluding hydrogens is 248 g/mol. The minimum Gasteiger partial charge on any atom is -0.238 e. The maximum atomic E-state index is 4.46. The van der Waals surface area contributed by atoms with Gasteiger partial charge in [-0.1, -0.05) is 36.4 Å². The number of aryl methyl sites for hydroxylation is 1. The summed E-state index contributed by atoms with van der Waals surface area (Å²) in [5.41, 5.74) is 3.47. The molecule has 4 heteroatoms. The number of hydrogen-bond acceptors (Lipinski definition) is 3. The first-order chi connectivity index (χ1) is 9.83. The van der Waals surface area contributed by atoms with Gasteiger partial charge in [-0.3, -0.25) is 0 Å². The molecule has 0 amide bonds. The third kappa shape index (κ3) is 2.64. The molecule has 2 aromatic carbocycles. The SMILES string of the molecule is Cc1nn(-c2ccccc2)cc1/N=N/c1ccccc1. The van der Waals surface area contributed by atoms with Crippen molar-refractivity contribution in [1.82, 2.24) is 9.78 Å². The number of benzene rings is 2. The van der Waals surface area contributed by atoms with Gasteiger partial charge in [0.1, 0.15) is 5.69 Å². The molecule has 0 fully saturated rings. The Morgan fingerprint density at radius 3 is 2.20 bits per heavy atom. The summed E-state index contributed by atoms with van der Waals surface area (Å²) < 4.78 is 1.81. The van der Waals surface area contributed by atoms with Crippen molar-refractivity contribution >= 4 is 11.4 Å². The summed E-state index contributed by atoms with van der Waals surface area (Å²) in [6.07, 6.45) is 1.89. The molecule has 20 heavy (non-hydrogen) atoms. The molecule has 3 aromatic rings. The summed E-state index contributed by atoms with van der Waals surface area (Å²) in [5.74, 6) is 0. The molecule has 4 nitrogen and oxygen atoms in total. The molecule has 98 valence electrons. The molecule has 0 saturated carbocycles. The normalized spacial score (nSPS) is 11.1. The van der Waals surface area contributed by atoms with Gasteiger partial charge in [0, 0.05) is 0 Å². The number of hydrogen-bond donors (Lipinski definition) is 0. The van der Waals surface area contributed by atoms with Crippen LogP contribution in [0, 0.1) is 6.92 Å². The van der Waals surface area contributed by atoms with E-state index in [4.69, 9.17) is 0 Å². The lowest BCUT2D eigenvalue weighted by Crippen LogP contribution is -1.93. The molecule has 0 unspecified atom stereocenters. The second kappa shape index (κ2) is 5.48. The quantitative estimate of drug-likeness (QED) is 0.636. The molecule has 1 aromatic heterocycles. The molecule has 0 saturated heterocycles. The molecule has 0 aliphatic heterocycles. The summed E-state index contributed by atoms with van der Waals surface area (Å²) in [4.78, 5) is 0. The zero-order chi connectivity index (χ0) is 13.8. The van der Waals surface area contributed by atoms with Crippen molar-refractivity contribution in [2.75, 3.05) is 0 Å². The summed E-state index contributed by atoms with van der Waals surface area (Å²) in [7, 11) is 0. The van der Waals surface area contributed by atoms with E-state index in [1.165, 1.54) is 0 Å². The Kier molecular flexibility index (Phi) is 3.37. The Balaban J connectivity index is 1.89. The molecule has 0 radical (unpaired) electrons. The van der Waals surface area contributed by atoms with Crippen LogP contribution in [0.15, 0.2) is 77.1 Å². The van der Waals surface area contributed by atoms with Crippen molar-refractivity contribution in [3.05, 3.63) is 72.6 Å². The molecular formula is C16H14N4. The lowest BCUT2D eigenvalue weighted by atomic mass is 10.3. The summed E-state index contributed by atoms with van der Waals surface area (Å²) in [6, 6.07) is 19.6. The van der Waals surface area contributed by atoms with Gasteiger partial charge in [0.15, 0.2) is 0 Å². The third-order valence-electron chi connectivity index (χ3n) is 2.92. The number of para-hydroxylation sites is 1. The standard InChI is InChI=1S/C16H14N4/c1-13-16(18-17-14-8-4-2-5-9-14)12-20(19-13)15-10-6-3-7-11-15/h2-12H,1H3/b18-17+. The van der Waals surface area contributed by atoms with Crippen molar-refractivity contribution in [3.8, 4) is 5.69 Å². The van der Waals surface area contributed by atoms with Crippen LogP contribution in [0.4, 0.5) is 11.4 Å². The highest BCUT2D eigenvalue weighted by Gasteiger charge is 2.05. The van der Waals surface area contributed by atoms with Crippen LogP contribution < -0.4 is 0 Å². The van der Waals surface area contributed by atoms with E-state index < -0.39 is 0 Å². The molecule has 3 rings (SSSR count). The van der Waals surface area contributed by atoms with Crippen molar-refractivity contribution < 1.29 is 0 Å². The molecule has 1 heterocycles. The fraction of sp³-hybridized carbons (Fsp3) is 0.0625. The van der Waals surface area contributed by atoms with Gasteiger partial charge in [0.05, 0.1) is 23.3 Å². The second-order valence-corrected chi connectivity index (χ2v) is 4.42.